The molecule has 0 aliphatic rings. The Kier molecular flexibility index (Phi) is 5.99. The molecule has 6 nitrogen and oxygen atoms in total. The summed E-state index contributed by atoms with van der Waals surface area (Å²) < 4.78 is 31.5. The Morgan fingerprint density at radius 2 is 2.21 bits per heavy atom. The van der Waals surface area contributed by atoms with Crippen LogP contribution in [0, 0.1) is 0 Å². The molecule has 1 heterocycles. The van der Waals surface area contributed by atoms with E-state index >= 15 is 0 Å². The summed E-state index contributed by atoms with van der Waals surface area (Å²) in [4.78, 5) is 3.26. The molecule has 0 saturated heterocycles. The van der Waals surface area contributed by atoms with Gasteiger partial charge in [0.2, 0.25) is 10.0 Å². The number of rotatable bonds is 8. The highest BCUT2D eigenvalue weighted by Gasteiger charge is 2.28. The quantitative estimate of drug-likeness (QED) is 0.741. The summed E-state index contributed by atoms with van der Waals surface area (Å²) in [5.74, 6) is 0. The fourth-order valence-electron chi connectivity index (χ4n) is 2.04. The average molecular weight is 289 g/mol. The lowest BCUT2D eigenvalue weighted by Crippen LogP contribution is -2.40. The van der Waals surface area contributed by atoms with Gasteiger partial charge in [0.1, 0.15) is 0 Å². The van der Waals surface area contributed by atoms with Crippen LogP contribution in [0.1, 0.15) is 19.5 Å². The number of hydrogen-bond acceptors (Lipinski definition) is 4. The van der Waals surface area contributed by atoms with Crippen LogP contribution in [0.4, 0.5) is 0 Å². The van der Waals surface area contributed by atoms with Crippen LogP contribution in [0.5, 0.6) is 0 Å². The van der Waals surface area contributed by atoms with Gasteiger partial charge in [-0.3, -0.25) is 0 Å². The molecule has 1 aromatic rings. The van der Waals surface area contributed by atoms with Crippen molar-refractivity contribution in [2.75, 3.05) is 27.3 Å². The molecule has 0 fully saturated rings. The van der Waals surface area contributed by atoms with Crippen molar-refractivity contribution in [2.24, 2.45) is 0 Å². The first-order valence-corrected chi connectivity index (χ1v) is 7.74. The lowest BCUT2D eigenvalue weighted by atomic mass is 10.4. The van der Waals surface area contributed by atoms with Gasteiger partial charge >= 0.3 is 0 Å². The van der Waals surface area contributed by atoms with Gasteiger partial charge in [-0.15, -0.1) is 0 Å². The number of sulfonamides is 1. The van der Waals surface area contributed by atoms with Gasteiger partial charge in [-0.1, -0.05) is 6.92 Å². The highest BCUT2D eigenvalue weighted by atomic mass is 32.2. The first kappa shape index (κ1) is 16.2. The van der Waals surface area contributed by atoms with Crippen molar-refractivity contribution in [1.29, 1.82) is 0 Å². The Hall–Kier alpha value is -0.890. The molecule has 0 radical (unpaired) electrons. The lowest BCUT2D eigenvalue weighted by Gasteiger charge is -2.26. The van der Waals surface area contributed by atoms with Crippen molar-refractivity contribution in [3.63, 3.8) is 0 Å². The molecule has 1 atom stereocenters. The van der Waals surface area contributed by atoms with Gasteiger partial charge in [-0.05, 0) is 20.0 Å². The summed E-state index contributed by atoms with van der Waals surface area (Å²) >= 11 is 0. The minimum absolute atomic E-state index is 0.192. The molecular weight excluding hydrogens is 266 g/mol. The van der Waals surface area contributed by atoms with E-state index in [-0.39, 0.29) is 6.04 Å². The number of likely N-dealkylation sites (N-methyl/N-ethyl adjacent to an activating group) is 1. The average Bonchev–Trinajstić information content (AvgIpc) is 2.79. The molecule has 0 amide bonds. The molecule has 1 rings (SSSR count). The molecule has 110 valence electrons. The number of H-pyrrole nitrogens is 1. The Balaban J connectivity index is 2.99. The van der Waals surface area contributed by atoms with Crippen molar-refractivity contribution >= 4 is 10.0 Å². The van der Waals surface area contributed by atoms with Crippen LogP contribution in [0.3, 0.4) is 0 Å². The maximum Gasteiger partial charge on any atom is 0.244 e. The summed E-state index contributed by atoms with van der Waals surface area (Å²) in [6.07, 6.45) is 1.53. The number of methoxy groups -OCH3 is 1. The van der Waals surface area contributed by atoms with E-state index in [9.17, 15) is 8.42 Å². The second kappa shape index (κ2) is 7.04. The second-order valence-corrected chi connectivity index (χ2v) is 6.29. The van der Waals surface area contributed by atoms with E-state index < -0.39 is 10.0 Å². The van der Waals surface area contributed by atoms with E-state index in [0.717, 1.165) is 5.69 Å². The van der Waals surface area contributed by atoms with Crippen LogP contribution in [0.25, 0.3) is 0 Å². The van der Waals surface area contributed by atoms with Crippen molar-refractivity contribution < 1.29 is 13.2 Å². The van der Waals surface area contributed by atoms with Gasteiger partial charge in [0, 0.05) is 38.1 Å². The van der Waals surface area contributed by atoms with Crippen LogP contribution >= 0.6 is 0 Å². The van der Waals surface area contributed by atoms with Gasteiger partial charge in [0.05, 0.1) is 11.5 Å². The topological polar surface area (TPSA) is 74.4 Å². The number of nitrogens with one attached hydrogen (secondary N) is 2. The predicted octanol–water partition coefficient (Wildman–Crippen LogP) is 0.780. The third-order valence-corrected chi connectivity index (χ3v) is 4.97. The van der Waals surface area contributed by atoms with Gasteiger partial charge in [-0.2, -0.15) is 4.31 Å². The zero-order valence-corrected chi connectivity index (χ0v) is 12.8. The Morgan fingerprint density at radius 1 is 1.53 bits per heavy atom. The van der Waals surface area contributed by atoms with E-state index in [1.54, 1.807) is 13.2 Å². The monoisotopic (exact) mass is 289 g/mol. The minimum atomic E-state index is -3.48. The number of hydrogen-bond donors (Lipinski definition) is 2. The zero-order chi connectivity index (χ0) is 14.5. The molecule has 0 aromatic carbocycles. The molecule has 0 bridgehead atoms. The van der Waals surface area contributed by atoms with Gasteiger partial charge in [0.15, 0.2) is 0 Å². The largest absolute Gasteiger partial charge is 0.383 e. The van der Waals surface area contributed by atoms with Gasteiger partial charge in [-0.25, -0.2) is 8.42 Å². The highest BCUT2D eigenvalue weighted by molar-refractivity contribution is 7.89. The van der Waals surface area contributed by atoms with Crippen molar-refractivity contribution in [3.8, 4) is 0 Å². The highest BCUT2D eigenvalue weighted by Crippen LogP contribution is 2.19. The van der Waals surface area contributed by atoms with E-state index in [0.29, 0.717) is 24.6 Å². The molecule has 0 aliphatic heterocycles. The van der Waals surface area contributed by atoms with Crippen LogP contribution in [-0.4, -0.2) is 51.1 Å². The first-order chi connectivity index (χ1) is 8.97. The Morgan fingerprint density at radius 3 is 2.74 bits per heavy atom. The first-order valence-electron chi connectivity index (χ1n) is 6.30. The fraction of sp³-hybridized carbons (Fsp3) is 0.667. The summed E-state index contributed by atoms with van der Waals surface area (Å²) in [6, 6.07) is 1.47. The summed E-state index contributed by atoms with van der Waals surface area (Å²) in [6.45, 7) is 5.06. The SMILES string of the molecule is CCN(C(C)COC)S(=O)(=O)c1c[nH]c(CNC)c1. The third kappa shape index (κ3) is 3.79. The maximum absolute atomic E-state index is 12.5. The molecule has 7 heteroatoms. The third-order valence-electron chi connectivity index (χ3n) is 2.90. The smallest absolute Gasteiger partial charge is 0.244 e. The van der Waals surface area contributed by atoms with Crippen LogP contribution < -0.4 is 5.32 Å². The van der Waals surface area contributed by atoms with E-state index in [1.165, 1.54) is 10.5 Å². The molecule has 0 aliphatic carbocycles. The lowest BCUT2D eigenvalue weighted by molar-refractivity contribution is 0.142. The van der Waals surface area contributed by atoms with Crippen molar-refractivity contribution in [3.05, 3.63) is 18.0 Å². The Labute approximate surface area is 115 Å². The number of nitrogens with zero attached hydrogens (tertiary/aromatic N) is 1. The normalized spacial score (nSPS) is 13.9. The molecular formula is C12H23N3O3S. The van der Waals surface area contributed by atoms with Crippen LogP contribution in [0.15, 0.2) is 17.2 Å². The number of aromatic nitrogens is 1. The summed E-state index contributed by atoms with van der Waals surface area (Å²) in [5.41, 5.74) is 0.844. The summed E-state index contributed by atoms with van der Waals surface area (Å²) in [7, 11) is -0.0945. The van der Waals surface area contributed by atoms with E-state index in [2.05, 4.69) is 10.3 Å². The van der Waals surface area contributed by atoms with Gasteiger partial charge < -0.3 is 15.0 Å². The van der Waals surface area contributed by atoms with Crippen LogP contribution in [-0.2, 0) is 21.3 Å². The standard InChI is InChI=1S/C12H23N3O3S/c1-5-15(10(2)9-18-4)19(16,17)12-6-11(7-13-3)14-8-12/h6,8,10,13-14H,5,7,9H2,1-4H3. The molecule has 19 heavy (non-hydrogen) atoms. The summed E-state index contributed by atoms with van der Waals surface area (Å²) in [5, 5.41) is 2.98. The molecule has 0 saturated carbocycles. The van der Waals surface area contributed by atoms with E-state index in [1.807, 2.05) is 20.9 Å². The molecule has 1 unspecified atom stereocenters. The molecule has 1 aromatic heterocycles. The molecule has 2 N–H and O–H groups in total. The van der Waals surface area contributed by atoms with E-state index in [4.69, 9.17) is 4.74 Å². The van der Waals surface area contributed by atoms with Crippen molar-refractivity contribution in [2.45, 2.75) is 31.3 Å². The minimum Gasteiger partial charge on any atom is -0.383 e. The fourth-order valence-corrected chi connectivity index (χ4v) is 3.68. The second-order valence-electron chi connectivity index (χ2n) is 4.40. The molecule has 0 spiro atoms. The zero-order valence-electron chi connectivity index (χ0n) is 11.9. The predicted molar refractivity (Wildman–Crippen MR) is 74.5 cm³/mol. The Bertz CT molecular complexity index is 484. The van der Waals surface area contributed by atoms with Crippen LogP contribution in [0.2, 0.25) is 0 Å². The number of aromatic amines is 1. The van der Waals surface area contributed by atoms with Crippen molar-refractivity contribution in [1.82, 2.24) is 14.6 Å². The van der Waals surface area contributed by atoms with Gasteiger partial charge in [0.25, 0.3) is 0 Å². The number of ether oxygens (including phenoxy) is 1. The maximum atomic E-state index is 12.5.